The third kappa shape index (κ3) is 1.38. The Morgan fingerprint density at radius 2 is 1.92 bits per heavy atom. The summed E-state index contributed by atoms with van der Waals surface area (Å²) in [5, 5.41) is 0.968. The van der Waals surface area contributed by atoms with Gasteiger partial charge < -0.3 is 0 Å². The van der Waals surface area contributed by atoms with Gasteiger partial charge in [-0.1, -0.05) is 29.8 Å². The number of rotatable bonds is 2. The van der Waals surface area contributed by atoms with E-state index in [1.165, 1.54) is 24.8 Å². The van der Waals surface area contributed by atoms with E-state index in [2.05, 4.69) is 12.1 Å². The van der Waals surface area contributed by atoms with Gasteiger partial charge in [-0.15, -0.1) is 0 Å². The molecule has 1 aromatic carbocycles. The second-order valence-electron chi connectivity index (χ2n) is 4.36. The minimum Gasteiger partial charge on any atom is -0.0840 e. The number of hydrogen-bond acceptors (Lipinski definition) is 0. The van der Waals surface area contributed by atoms with Crippen LogP contribution in [0.25, 0.3) is 0 Å². The molecule has 2 saturated carbocycles. The van der Waals surface area contributed by atoms with Gasteiger partial charge in [-0.05, 0) is 48.6 Å². The Hall–Kier alpha value is -0.490. The molecule has 0 bridgehead atoms. The van der Waals surface area contributed by atoms with Gasteiger partial charge in [0, 0.05) is 5.02 Å². The SMILES string of the molecule is Clc1ccccc1C1CC1C1CC1. The average Bonchev–Trinajstić information content (AvgIpc) is 3.00. The van der Waals surface area contributed by atoms with E-state index in [1.54, 1.807) is 0 Å². The molecule has 2 unspecified atom stereocenters. The van der Waals surface area contributed by atoms with Crippen LogP contribution in [-0.2, 0) is 0 Å². The molecule has 2 aliphatic rings. The molecule has 0 radical (unpaired) electrons. The van der Waals surface area contributed by atoms with Crippen molar-refractivity contribution < 1.29 is 0 Å². The fraction of sp³-hybridized carbons (Fsp3) is 0.500. The van der Waals surface area contributed by atoms with Crippen molar-refractivity contribution >= 4 is 11.6 Å². The van der Waals surface area contributed by atoms with E-state index in [0.29, 0.717) is 0 Å². The molecule has 0 heterocycles. The summed E-state index contributed by atoms with van der Waals surface area (Å²) in [6, 6.07) is 8.32. The van der Waals surface area contributed by atoms with Gasteiger partial charge in [0.15, 0.2) is 0 Å². The Labute approximate surface area is 83.9 Å². The van der Waals surface area contributed by atoms with Crippen molar-refractivity contribution in [1.29, 1.82) is 0 Å². The lowest BCUT2D eigenvalue weighted by Crippen LogP contribution is -1.86. The lowest BCUT2D eigenvalue weighted by Gasteiger charge is -2.01. The van der Waals surface area contributed by atoms with Gasteiger partial charge in [-0.2, -0.15) is 0 Å². The molecular formula is C12H13Cl. The molecule has 13 heavy (non-hydrogen) atoms. The summed E-state index contributed by atoms with van der Waals surface area (Å²) in [4.78, 5) is 0. The molecule has 2 aliphatic carbocycles. The van der Waals surface area contributed by atoms with Crippen LogP contribution < -0.4 is 0 Å². The van der Waals surface area contributed by atoms with Crippen LogP contribution in [-0.4, -0.2) is 0 Å². The molecule has 3 rings (SSSR count). The highest BCUT2D eigenvalue weighted by Crippen LogP contribution is 2.60. The Bertz CT molecular complexity index is 328. The second kappa shape index (κ2) is 2.75. The molecule has 0 spiro atoms. The highest BCUT2D eigenvalue weighted by Gasteiger charge is 2.48. The predicted octanol–water partition coefficient (Wildman–Crippen LogP) is 3.85. The van der Waals surface area contributed by atoms with E-state index in [-0.39, 0.29) is 0 Å². The Morgan fingerprint density at radius 3 is 2.62 bits per heavy atom. The van der Waals surface area contributed by atoms with E-state index in [1.807, 2.05) is 12.1 Å². The molecule has 0 N–H and O–H groups in total. The van der Waals surface area contributed by atoms with Gasteiger partial charge in [-0.25, -0.2) is 0 Å². The van der Waals surface area contributed by atoms with Crippen LogP contribution in [0.15, 0.2) is 24.3 Å². The lowest BCUT2D eigenvalue weighted by atomic mass is 10.1. The maximum absolute atomic E-state index is 6.15. The monoisotopic (exact) mass is 192 g/mol. The Kier molecular flexibility index (Phi) is 1.66. The normalized spacial score (nSPS) is 31.8. The molecule has 0 saturated heterocycles. The largest absolute Gasteiger partial charge is 0.0840 e. The molecular weight excluding hydrogens is 180 g/mol. The summed E-state index contributed by atoms with van der Waals surface area (Å²) in [7, 11) is 0. The quantitative estimate of drug-likeness (QED) is 0.668. The van der Waals surface area contributed by atoms with E-state index in [4.69, 9.17) is 11.6 Å². The van der Waals surface area contributed by atoms with Crippen LogP contribution >= 0.6 is 11.6 Å². The smallest absolute Gasteiger partial charge is 0.0440 e. The first kappa shape index (κ1) is 7.87. The molecule has 1 aromatic rings. The Balaban J connectivity index is 1.82. The molecule has 2 atom stereocenters. The first-order valence-electron chi connectivity index (χ1n) is 5.10. The first-order valence-corrected chi connectivity index (χ1v) is 5.48. The fourth-order valence-corrected chi connectivity index (χ4v) is 2.67. The van der Waals surface area contributed by atoms with Crippen LogP contribution in [0.1, 0.15) is 30.7 Å². The molecule has 2 fully saturated rings. The minimum atomic E-state index is 0.793. The van der Waals surface area contributed by atoms with Gasteiger partial charge in [0.2, 0.25) is 0 Å². The number of hydrogen-bond donors (Lipinski definition) is 0. The van der Waals surface area contributed by atoms with E-state index < -0.39 is 0 Å². The molecule has 0 aliphatic heterocycles. The second-order valence-corrected chi connectivity index (χ2v) is 4.77. The van der Waals surface area contributed by atoms with Crippen molar-refractivity contribution in [2.24, 2.45) is 11.8 Å². The van der Waals surface area contributed by atoms with E-state index in [0.717, 1.165) is 22.8 Å². The van der Waals surface area contributed by atoms with E-state index in [9.17, 15) is 0 Å². The lowest BCUT2D eigenvalue weighted by molar-refractivity contribution is 0.690. The van der Waals surface area contributed by atoms with Crippen molar-refractivity contribution in [2.45, 2.75) is 25.2 Å². The summed E-state index contributed by atoms with van der Waals surface area (Å²) >= 11 is 6.15. The summed E-state index contributed by atoms with van der Waals surface area (Å²) < 4.78 is 0. The minimum absolute atomic E-state index is 0.793. The number of halogens is 1. The fourth-order valence-electron chi connectivity index (χ4n) is 2.39. The van der Waals surface area contributed by atoms with Gasteiger partial charge in [0.25, 0.3) is 0 Å². The van der Waals surface area contributed by atoms with Crippen molar-refractivity contribution in [3.8, 4) is 0 Å². The van der Waals surface area contributed by atoms with Crippen LogP contribution in [0.3, 0.4) is 0 Å². The Morgan fingerprint density at radius 1 is 1.15 bits per heavy atom. The zero-order valence-electron chi connectivity index (χ0n) is 7.54. The standard InChI is InChI=1S/C12H13Cl/c13-12-4-2-1-3-9(12)11-7-10(11)8-5-6-8/h1-4,8,10-11H,5-7H2. The molecule has 1 heteroatoms. The third-order valence-corrected chi connectivity index (χ3v) is 3.72. The number of benzene rings is 1. The highest BCUT2D eigenvalue weighted by molar-refractivity contribution is 6.31. The van der Waals surface area contributed by atoms with Crippen LogP contribution in [0.5, 0.6) is 0 Å². The van der Waals surface area contributed by atoms with E-state index >= 15 is 0 Å². The van der Waals surface area contributed by atoms with Crippen molar-refractivity contribution in [1.82, 2.24) is 0 Å². The van der Waals surface area contributed by atoms with Gasteiger partial charge >= 0.3 is 0 Å². The molecule has 68 valence electrons. The predicted molar refractivity (Wildman–Crippen MR) is 55.0 cm³/mol. The van der Waals surface area contributed by atoms with Gasteiger partial charge in [0.1, 0.15) is 0 Å². The topological polar surface area (TPSA) is 0 Å². The summed E-state index contributed by atoms with van der Waals surface area (Å²) in [6.07, 6.45) is 4.31. The van der Waals surface area contributed by atoms with Crippen molar-refractivity contribution in [3.63, 3.8) is 0 Å². The highest BCUT2D eigenvalue weighted by atomic mass is 35.5. The van der Waals surface area contributed by atoms with Gasteiger partial charge in [-0.3, -0.25) is 0 Å². The average molecular weight is 193 g/mol. The maximum atomic E-state index is 6.15. The summed E-state index contributed by atoms with van der Waals surface area (Å²) in [6.45, 7) is 0. The van der Waals surface area contributed by atoms with Crippen LogP contribution in [0.2, 0.25) is 5.02 Å². The first-order chi connectivity index (χ1) is 6.36. The zero-order chi connectivity index (χ0) is 8.84. The van der Waals surface area contributed by atoms with Crippen LogP contribution in [0.4, 0.5) is 0 Å². The van der Waals surface area contributed by atoms with Crippen LogP contribution in [0, 0.1) is 11.8 Å². The summed E-state index contributed by atoms with van der Waals surface area (Å²) in [5.74, 6) is 2.81. The third-order valence-electron chi connectivity index (χ3n) is 3.37. The maximum Gasteiger partial charge on any atom is 0.0440 e. The summed E-state index contributed by atoms with van der Waals surface area (Å²) in [5.41, 5.74) is 1.39. The molecule has 0 nitrogen and oxygen atoms in total. The molecule has 0 amide bonds. The zero-order valence-corrected chi connectivity index (χ0v) is 8.30. The van der Waals surface area contributed by atoms with Gasteiger partial charge in [0.05, 0.1) is 0 Å². The molecule has 0 aromatic heterocycles. The van der Waals surface area contributed by atoms with Crippen molar-refractivity contribution in [3.05, 3.63) is 34.9 Å². The van der Waals surface area contributed by atoms with Crippen molar-refractivity contribution in [2.75, 3.05) is 0 Å².